The molecule has 132 valence electrons. The summed E-state index contributed by atoms with van der Waals surface area (Å²) >= 11 is 1.44. The fourth-order valence-corrected chi connectivity index (χ4v) is 3.72. The van der Waals surface area contributed by atoms with Crippen molar-refractivity contribution in [1.29, 1.82) is 0 Å². The van der Waals surface area contributed by atoms with E-state index >= 15 is 0 Å². The second-order valence-electron chi connectivity index (χ2n) is 6.26. The molecule has 0 spiro atoms. The van der Waals surface area contributed by atoms with E-state index in [0.717, 1.165) is 24.1 Å². The first-order valence-electron chi connectivity index (χ1n) is 8.50. The third-order valence-corrected chi connectivity index (χ3v) is 5.44. The number of carbonyl (C=O) groups excluding carboxylic acids is 2. The average Bonchev–Trinajstić information content (AvgIpc) is 3.17. The molecule has 2 amide bonds. The molecule has 1 fully saturated rings. The lowest BCUT2D eigenvalue weighted by molar-refractivity contribution is 0.0687. The maximum atomic E-state index is 13.0. The molecule has 3 rings (SSSR count). The van der Waals surface area contributed by atoms with Crippen molar-refractivity contribution >= 4 is 23.2 Å². The number of amides is 2. The molecule has 0 aliphatic carbocycles. The van der Waals surface area contributed by atoms with Gasteiger partial charge in [0.1, 0.15) is 5.82 Å². The van der Waals surface area contributed by atoms with Gasteiger partial charge in [-0.25, -0.2) is 4.39 Å². The molecule has 1 aliphatic heterocycles. The van der Waals surface area contributed by atoms with Crippen LogP contribution in [0.25, 0.3) is 0 Å². The van der Waals surface area contributed by atoms with Gasteiger partial charge in [0, 0.05) is 25.2 Å². The largest absolute Gasteiger partial charge is 0.351 e. The molecule has 2 heterocycles. The van der Waals surface area contributed by atoms with E-state index in [1.807, 2.05) is 22.4 Å². The van der Waals surface area contributed by atoms with Gasteiger partial charge in [0.2, 0.25) is 0 Å². The molecule has 0 radical (unpaired) electrons. The molecule has 0 bridgehead atoms. The fraction of sp³-hybridized carbons (Fsp3) is 0.368. The fourth-order valence-electron chi connectivity index (χ4n) is 3.08. The summed E-state index contributed by atoms with van der Waals surface area (Å²) in [4.78, 5) is 26.9. The Bertz CT molecular complexity index is 708. The molecule has 0 saturated carbocycles. The highest BCUT2D eigenvalue weighted by molar-refractivity contribution is 7.12. The Morgan fingerprint density at radius 3 is 2.52 bits per heavy atom. The Hall–Kier alpha value is -2.21. The second kappa shape index (κ2) is 8.25. The van der Waals surface area contributed by atoms with Crippen molar-refractivity contribution in [2.45, 2.75) is 19.3 Å². The maximum Gasteiger partial charge on any atom is 0.261 e. The monoisotopic (exact) mass is 360 g/mol. The normalized spacial score (nSPS) is 15.2. The van der Waals surface area contributed by atoms with E-state index < -0.39 is 0 Å². The Labute approximate surface area is 150 Å². The van der Waals surface area contributed by atoms with Crippen molar-refractivity contribution in [3.05, 3.63) is 58.0 Å². The van der Waals surface area contributed by atoms with Gasteiger partial charge in [-0.2, -0.15) is 0 Å². The first kappa shape index (κ1) is 17.6. The van der Waals surface area contributed by atoms with Gasteiger partial charge in [0.05, 0.1) is 4.88 Å². The van der Waals surface area contributed by atoms with Gasteiger partial charge in [0.25, 0.3) is 11.8 Å². The van der Waals surface area contributed by atoms with Crippen LogP contribution >= 0.6 is 11.3 Å². The number of hydrogen-bond acceptors (Lipinski definition) is 3. The molecular weight excluding hydrogens is 339 g/mol. The Morgan fingerprint density at radius 2 is 1.88 bits per heavy atom. The van der Waals surface area contributed by atoms with Crippen molar-refractivity contribution in [3.8, 4) is 0 Å². The molecule has 6 heteroatoms. The molecule has 1 saturated heterocycles. The molecule has 0 unspecified atom stereocenters. The minimum atomic E-state index is -0.333. The van der Waals surface area contributed by atoms with E-state index in [1.54, 1.807) is 0 Å². The summed E-state index contributed by atoms with van der Waals surface area (Å²) in [6.45, 7) is 2.08. The molecule has 1 aliphatic rings. The van der Waals surface area contributed by atoms with Gasteiger partial charge in [-0.3, -0.25) is 9.59 Å². The number of piperidine rings is 1. The van der Waals surface area contributed by atoms with Gasteiger partial charge in [0.15, 0.2) is 0 Å². The van der Waals surface area contributed by atoms with Crippen LogP contribution in [0.5, 0.6) is 0 Å². The van der Waals surface area contributed by atoms with Crippen LogP contribution in [-0.2, 0) is 0 Å². The van der Waals surface area contributed by atoms with Crippen LogP contribution < -0.4 is 5.32 Å². The van der Waals surface area contributed by atoms with E-state index in [-0.39, 0.29) is 17.6 Å². The topological polar surface area (TPSA) is 49.4 Å². The van der Waals surface area contributed by atoms with Gasteiger partial charge in [-0.15, -0.1) is 11.3 Å². The Kier molecular flexibility index (Phi) is 5.81. The summed E-state index contributed by atoms with van der Waals surface area (Å²) in [7, 11) is 0. The molecule has 1 aromatic carbocycles. The predicted molar refractivity (Wildman–Crippen MR) is 96.3 cm³/mol. The number of nitrogens with zero attached hydrogens (tertiary/aromatic N) is 1. The minimum Gasteiger partial charge on any atom is -0.351 e. The lowest BCUT2D eigenvalue weighted by atomic mass is 9.93. The Morgan fingerprint density at radius 1 is 1.16 bits per heavy atom. The highest BCUT2D eigenvalue weighted by Crippen LogP contribution is 2.21. The van der Waals surface area contributed by atoms with Crippen LogP contribution in [-0.4, -0.2) is 36.3 Å². The van der Waals surface area contributed by atoms with Gasteiger partial charge in [-0.1, -0.05) is 6.07 Å². The standard InChI is InChI=1S/C19H21FN2O2S/c20-16-5-3-15(4-6-16)19(24)22-11-8-14(9-12-22)7-10-21-18(23)17-2-1-13-25-17/h1-6,13-14H,7-12H2,(H,21,23). The summed E-state index contributed by atoms with van der Waals surface area (Å²) in [5.41, 5.74) is 0.531. The van der Waals surface area contributed by atoms with E-state index in [2.05, 4.69) is 5.32 Å². The van der Waals surface area contributed by atoms with Gasteiger partial charge in [-0.05, 0) is 60.9 Å². The highest BCUT2D eigenvalue weighted by atomic mass is 32.1. The van der Waals surface area contributed by atoms with Crippen molar-refractivity contribution in [1.82, 2.24) is 10.2 Å². The van der Waals surface area contributed by atoms with E-state index in [1.165, 1.54) is 35.6 Å². The van der Waals surface area contributed by atoms with E-state index in [9.17, 15) is 14.0 Å². The number of halogens is 1. The summed E-state index contributed by atoms with van der Waals surface area (Å²) in [6.07, 6.45) is 2.79. The predicted octanol–water partition coefficient (Wildman–Crippen LogP) is 3.56. The SMILES string of the molecule is O=C(NCCC1CCN(C(=O)c2ccc(F)cc2)CC1)c1cccs1. The summed E-state index contributed by atoms with van der Waals surface area (Å²) in [5, 5.41) is 4.84. The van der Waals surface area contributed by atoms with E-state index in [0.29, 0.717) is 31.1 Å². The minimum absolute atomic E-state index is 0.0149. The van der Waals surface area contributed by atoms with Gasteiger partial charge >= 0.3 is 0 Å². The molecular formula is C19H21FN2O2S. The van der Waals surface area contributed by atoms with Crippen LogP contribution in [0.3, 0.4) is 0 Å². The van der Waals surface area contributed by atoms with E-state index in [4.69, 9.17) is 0 Å². The lowest BCUT2D eigenvalue weighted by Gasteiger charge is -2.32. The number of carbonyl (C=O) groups is 2. The van der Waals surface area contributed by atoms with Crippen molar-refractivity contribution in [2.75, 3.05) is 19.6 Å². The molecule has 25 heavy (non-hydrogen) atoms. The van der Waals surface area contributed by atoms with Gasteiger partial charge < -0.3 is 10.2 Å². The summed E-state index contributed by atoms with van der Waals surface area (Å²) < 4.78 is 13.0. The zero-order valence-corrected chi connectivity index (χ0v) is 14.7. The van der Waals surface area contributed by atoms with Crippen molar-refractivity contribution in [2.24, 2.45) is 5.92 Å². The second-order valence-corrected chi connectivity index (χ2v) is 7.21. The van der Waals surface area contributed by atoms with Crippen LogP contribution in [0, 0.1) is 11.7 Å². The number of rotatable bonds is 5. The quantitative estimate of drug-likeness (QED) is 0.886. The van der Waals surface area contributed by atoms with Crippen LogP contribution in [0.2, 0.25) is 0 Å². The zero-order valence-electron chi connectivity index (χ0n) is 13.9. The van der Waals surface area contributed by atoms with Crippen LogP contribution in [0.1, 0.15) is 39.3 Å². The molecule has 1 N–H and O–H groups in total. The third-order valence-electron chi connectivity index (χ3n) is 4.58. The number of nitrogens with one attached hydrogen (secondary N) is 1. The Balaban J connectivity index is 1.40. The molecule has 2 aromatic rings. The smallest absolute Gasteiger partial charge is 0.261 e. The first-order chi connectivity index (χ1) is 12.1. The molecule has 4 nitrogen and oxygen atoms in total. The number of thiophene rings is 1. The van der Waals surface area contributed by atoms with Crippen molar-refractivity contribution < 1.29 is 14.0 Å². The number of hydrogen-bond donors (Lipinski definition) is 1. The first-order valence-corrected chi connectivity index (χ1v) is 9.38. The van der Waals surface area contributed by atoms with Crippen LogP contribution in [0.15, 0.2) is 41.8 Å². The molecule has 0 atom stereocenters. The number of benzene rings is 1. The van der Waals surface area contributed by atoms with Crippen LogP contribution in [0.4, 0.5) is 4.39 Å². The maximum absolute atomic E-state index is 13.0. The highest BCUT2D eigenvalue weighted by Gasteiger charge is 2.23. The average molecular weight is 360 g/mol. The third kappa shape index (κ3) is 4.66. The zero-order chi connectivity index (χ0) is 17.6. The molecule has 1 aromatic heterocycles. The summed E-state index contributed by atoms with van der Waals surface area (Å²) in [6, 6.07) is 9.38. The summed E-state index contributed by atoms with van der Waals surface area (Å²) in [5.74, 6) is 0.129. The van der Waals surface area contributed by atoms with Crippen molar-refractivity contribution in [3.63, 3.8) is 0 Å². The lowest BCUT2D eigenvalue weighted by Crippen LogP contribution is -2.39. The number of likely N-dealkylation sites (tertiary alicyclic amines) is 1.